The summed E-state index contributed by atoms with van der Waals surface area (Å²) in [5.41, 5.74) is 0. The number of amides is 1. The molecule has 1 aliphatic heterocycles. The molecule has 0 aromatic heterocycles. The van der Waals surface area contributed by atoms with Crippen LogP contribution in [0.5, 0.6) is 0 Å². The number of likely N-dealkylation sites (tertiary alicyclic amines) is 1. The fraction of sp³-hybridized carbons (Fsp3) is 0.923. The Morgan fingerprint density at radius 3 is 2.38 bits per heavy atom. The third-order valence-electron chi connectivity index (χ3n) is 3.83. The summed E-state index contributed by atoms with van der Waals surface area (Å²) >= 11 is 0. The summed E-state index contributed by atoms with van der Waals surface area (Å²) in [6.45, 7) is 5.23. The quantitative estimate of drug-likeness (QED) is 0.791. The molecule has 0 radical (unpaired) electrons. The molecule has 2 rings (SSSR count). The van der Waals surface area contributed by atoms with Gasteiger partial charge < -0.3 is 10.2 Å². The van der Waals surface area contributed by atoms with Crippen molar-refractivity contribution in [1.82, 2.24) is 10.2 Å². The van der Waals surface area contributed by atoms with Gasteiger partial charge in [0.1, 0.15) is 0 Å². The highest BCUT2D eigenvalue weighted by atomic mass is 16.2. The molecule has 2 aliphatic rings. The zero-order valence-corrected chi connectivity index (χ0v) is 10.5. The molecule has 1 saturated heterocycles. The second-order valence-electron chi connectivity index (χ2n) is 5.41. The third-order valence-corrected chi connectivity index (χ3v) is 3.83. The van der Waals surface area contributed by atoms with Gasteiger partial charge in [0.25, 0.3) is 0 Å². The lowest BCUT2D eigenvalue weighted by molar-refractivity contribution is -0.137. The van der Waals surface area contributed by atoms with Crippen molar-refractivity contribution in [2.45, 2.75) is 70.5 Å². The molecule has 2 atom stereocenters. The predicted octanol–water partition coefficient (Wildman–Crippen LogP) is 1.92. The maximum atomic E-state index is 12.1. The smallest absolute Gasteiger partial charge is 0.224 e. The van der Waals surface area contributed by atoms with Crippen LogP contribution in [-0.2, 0) is 4.79 Å². The fourth-order valence-electron chi connectivity index (χ4n) is 2.71. The molecule has 92 valence electrons. The molecule has 2 unspecified atom stereocenters. The molecule has 3 heteroatoms. The highest BCUT2D eigenvalue weighted by molar-refractivity contribution is 5.77. The lowest BCUT2D eigenvalue weighted by Gasteiger charge is -2.39. The van der Waals surface area contributed by atoms with E-state index in [-0.39, 0.29) is 0 Å². The number of nitrogens with one attached hydrogen (secondary N) is 1. The SMILES string of the molecule is CC1CCCC(C)N1C(=O)CCNC1CC1. The minimum absolute atomic E-state index is 0.341. The molecule has 1 amide bonds. The van der Waals surface area contributed by atoms with Gasteiger partial charge in [0, 0.05) is 31.1 Å². The lowest BCUT2D eigenvalue weighted by atomic mass is 9.97. The van der Waals surface area contributed by atoms with E-state index in [0.717, 1.165) is 6.54 Å². The van der Waals surface area contributed by atoms with Crippen molar-refractivity contribution < 1.29 is 4.79 Å². The van der Waals surface area contributed by atoms with E-state index in [2.05, 4.69) is 24.1 Å². The first kappa shape index (κ1) is 11.9. The number of hydrogen-bond donors (Lipinski definition) is 1. The first-order valence-electron chi connectivity index (χ1n) is 6.73. The Morgan fingerprint density at radius 2 is 1.81 bits per heavy atom. The van der Waals surface area contributed by atoms with Crippen LogP contribution in [0.1, 0.15) is 52.4 Å². The first-order chi connectivity index (χ1) is 7.68. The van der Waals surface area contributed by atoms with Crippen molar-refractivity contribution in [3.63, 3.8) is 0 Å². The average molecular weight is 224 g/mol. The minimum atomic E-state index is 0.341. The molecular formula is C13H24N2O. The summed E-state index contributed by atoms with van der Waals surface area (Å²) in [5, 5.41) is 3.41. The highest BCUT2D eigenvalue weighted by Gasteiger charge is 2.28. The Hall–Kier alpha value is -0.570. The molecule has 1 aliphatic carbocycles. The highest BCUT2D eigenvalue weighted by Crippen LogP contribution is 2.23. The van der Waals surface area contributed by atoms with Crippen LogP contribution in [0.3, 0.4) is 0 Å². The van der Waals surface area contributed by atoms with E-state index < -0.39 is 0 Å². The van der Waals surface area contributed by atoms with E-state index in [1.54, 1.807) is 0 Å². The topological polar surface area (TPSA) is 32.3 Å². The van der Waals surface area contributed by atoms with Gasteiger partial charge in [0.2, 0.25) is 5.91 Å². The predicted molar refractivity (Wildman–Crippen MR) is 65.3 cm³/mol. The Balaban J connectivity index is 1.76. The summed E-state index contributed by atoms with van der Waals surface area (Å²) in [6, 6.07) is 1.60. The molecule has 0 aromatic rings. The van der Waals surface area contributed by atoms with Gasteiger partial charge in [-0.2, -0.15) is 0 Å². The Labute approximate surface area is 98.6 Å². The third kappa shape index (κ3) is 2.97. The Bertz CT molecular complexity index is 240. The van der Waals surface area contributed by atoms with Gasteiger partial charge in [-0.3, -0.25) is 4.79 Å². The number of carbonyl (C=O) groups excluding carboxylic acids is 1. The average Bonchev–Trinajstić information content (AvgIpc) is 3.01. The summed E-state index contributed by atoms with van der Waals surface area (Å²) in [6.07, 6.45) is 6.88. The second kappa shape index (κ2) is 5.17. The zero-order chi connectivity index (χ0) is 11.5. The summed E-state index contributed by atoms with van der Waals surface area (Å²) < 4.78 is 0. The van der Waals surface area contributed by atoms with E-state index >= 15 is 0 Å². The van der Waals surface area contributed by atoms with E-state index in [1.165, 1.54) is 32.1 Å². The van der Waals surface area contributed by atoms with Crippen molar-refractivity contribution in [3.05, 3.63) is 0 Å². The number of hydrogen-bond acceptors (Lipinski definition) is 2. The van der Waals surface area contributed by atoms with Gasteiger partial charge in [-0.15, -0.1) is 0 Å². The molecule has 1 heterocycles. The van der Waals surface area contributed by atoms with Crippen LogP contribution in [0.25, 0.3) is 0 Å². The van der Waals surface area contributed by atoms with Gasteiger partial charge in [-0.25, -0.2) is 0 Å². The fourth-order valence-corrected chi connectivity index (χ4v) is 2.71. The molecular weight excluding hydrogens is 200 g/mol. The van der Waals surface area contributed by atoms with Crippen LogP contribution < -0.4 is 5.32 Å². The van der Waals surface area contributed by atoms with Crippen LogP contribution >= 0.6 is 0 Å². The standard InChI is InChI=1S/C13H24N2O/c1-10-4-3-5-11(2)15(10)13(16)8-9-14-12-6-7-12/h10-12,14H,3-9H2,1-2H3. The van der Waals surface area contributed by atoms with Crippen LogP contribution in [0.15, 0.2) is 0 Å². The number of carbonyl (C=O) groups is 1. The van der Waals surface area contributed by atoms with Crippen LogP contribution in [-0.4, -0.2) is 35.5 Å². The summed E-state index contributed by atoms with van der Waals surface area (Å²) in [5.74, 6) is 0.341. The largest absolute Gasteiger partial charge is 0.337 e. The van der Waals surface area contributed by atoms with Gasteiger partial charge >= 0.3 is 0 Å². The van der Waals surface area contributed by atoms with Crippen LogP contribution in [0, 0.1) is 0 Å². The van der Waals surface area contributed by atoms with E-state index in [9.17, 15) is 4.79 Å². The van der Waals surface area contributed by atoms with E-state index in [1.807, 2.05) is 0 Å². The van der Waals surface area contributed by atoms with Crippen molar-refractivity contribution >= 4 is 5.91 Å². The molecule has 0 aromatic carbocycles. The second-order valence-corrected chi connectivity index (χ2v) is 5.41. The van der Waals surface area contributed by atoms with Crippen LogP contribution in [0.4, 0.5) is 0 Å². The monoisotopic (exact) mass is 224 g/mol. The number of nitrogens with zero attached hydrogens (tertiary/aromatic N) is 1. The first-order valence-corrected chi connectivity index (χ1v) is 6.73. The van der Waals surface area contributed by atoms with Gasteiger partial charge in [-0.1, -0.05) is 0 Å². The maximum absolute atomic E-state index is 12.1. The Kier molecular flexibility index (Phi) is 3.85. The van der Waals surface area contributed by atoms with Crippen molar-refractivity contribution in [1.29, 1.82) is 0 Å². The maximum Gasteiger partial charge on any atom is 0.224 e. The molecule has 3 nitrogen and oxygen atoms in total. The summed E-state index contributed by atoms with van der Waals surface area (Å²) in [4.78, 5) is 14.2. The lowest BCUT2D eigenvalue weighted by Crippen LogP contribution is -2.48. The van der Waals surface area contributed by atoms with Crippen molar-refractivity contribution in [2.75, 3.05) is 6.54 Å². The summed E-state index contributed by atoms with van der Waals surface area (Å²) in [7, 11) is 0. The number of piperidine rings is 1. The van der Waals surface area contributed by atoms with Crippen molar-refractivity contribution in [2.24, 2.45) is 0 Å². The van der Waals surface area contributed by atoms with Crippen LogP contribution in [0.2, 0.25) is 0 Å². The normalized spacial score (nSPS) is 30.5. The Morgan fingerprint density at radius 1 is 1.19 bits per heavy atom. The zero-order valence-electron chi connectivity index (χ0n) is 10.5. The molecule has 16 heavy (non-hydrogen) atoms. The minimum Gasteiger partial charge on any atom is -0.337 e. The molecule has 1 saturated carbocycles. The molecule has 2 fully saturated rings. The van der Waals surface area contributed by atoms with Gasteiger partial charge in [0.05, 0.1) is 0 Å². The van der Waals surface area contributed by atoms with E-state index in [4.69, 9.17) is 0 Å². The van der Waals surface area contributed by atoms with Gasteiger partial charge in [-0.05, 0) is 46.0 Å². The van der Waals surface area contributed by atoms with E-state index in [0.29, 0.717) is 30.5 Å². The molecule has 1 N–H and O–H groups in total. The van der Waals surface area contributed by atoms with Gasteiger partial charge in [0.15, 0.2) is 0 Å². The number of rotatable bonds is 4. The van der Waals surface area contributed by atoms with Crippen molar-refractivity contribution in [3.8, 4) is 0 Å². The molecule has 0 bridgehead atoms. The molecule has 0 spiro atoms.